The lowest BCUT2D eigenvalue weighted by molar-refractivity contribution is 0.510. The summed E-state index contributed by atoms with van der Waals surface area (Å²) in [6.45, 7) is 8.30. The van der Waals surface area contributed by atoms with Gasteiger partial charge in [0, 0.05) is 13.1 Å². The fourth-order valence-corrected chi connectivity index (χ4v) is 2.36. The number of nitrogens with zero attached hydrogens (tertiary/aromatic N) is 4. The topological polar surface area (TPSA) is 35.6 Å². The van der Waals surface area contributed by atoms with Gasteiger partial charge in [-0.3, -0.25) is 4.68 Å². The maximum absolute atomic E-state index is 6.23. The minimum atomic E-state index is -0.0872. The molecule has 2 unspecified atom stereocenters. The molecule has 2 rings (SSSR count). The Balaban J connectivity index is 2.78. The Morgan fingerprint density at radius 3 is 2.53 bits per heavy atom. The molecule has 0 saturated carbocycles. The third kappa shape index (κ3) is 1.84. The van der Waals surface area contributed by atoms with Crippen molar-refractivity contribution in [3.8, 4) is 0 Å². The highest BCUT2D eigenvalue weighted by Gasteiger charge is 2.22. The minimum absolute atomic E-state index is 0.0872. The van der Waals surface area contributed by atoms with Crippen molar-refractivity contribution in [1.29, 1.82) is 0 Å². The lowest BCUT2D eigenvalue weighted by Crippen LogP contribution is -2.11. The summed E-state index contributed by atoms with van der Waals surface area (Å²) in [5, 5.41) is 4.33. The van der Waals surface area contributed by atoms with Gasteiger partial charge < -0.3 is 4.57 Å². The highest BCUT2D eigenvalue weighted by molar-refractivity contribution is 6.20. The summed E-state index contributed by atoms with van der Waals surface area (Å²) in [7, 11) is 1.96. The molecule has 17 heavy (non-hydrogen) atoms. The number of aryl methyl sites for hydroxylation is 2. The van der Waals surface area contributed by atoms with Crippen molar-refractivity contribution in [2.24, 2.45) is 7.05 Å². The fraction of sp³-hybridized carbons (Fsp3) is 0.667. The Kier molecular flexibility index (Phi) is 3.17. The summed E-state index contributed by atoms with van der Waals surface area (Å²) < 4.78 is 4.11. The molecule has 4 nitrogen and oxygen atoms in total. The number of hydrogen-bond donors (Lipinski definition) is 0. The number of rotatable bonds is 3. The van der Waals surface area contributed by atoms with Crippen LogP contribution in [0.4, 0.5) is 0 Å². The molecular weight excluding hydrogens is 236 g/mol. The van der Waals surface area contributed by atoms with Gasteiger partial charge in [0.1, 0.15) is 11.3 Å². The average Bonchev–Trinajstić information content (AvgIpc) is 2.78. The van der Waals surface area contributed by atoms with Crippen molar-refractivity contribution in [3.05, 3.63) is 11.5 Å². The molecule has 94 valence electrons. The molecule has 2 aromatic heterocycles. The Morgan fingerprint density at radius 1 is 1.35 bits per heavy atom. The van der Waals surface area contributed by atoms with Gasteiger partial charge in [-0.15, -0.1) is 11.6 Å². The molecule has 0 radical (unpaired) electrons. The maximum Gasteiger partial charge on any atom is 0.158 e. The van der Waals surface area contributed by atoms with Gasteiger partial charge in [0.05, 0.1) is 11.1 Å². The van der Waals surface area contributed by atoms with Crippen molar-refractivity contribution in [2.45, 2.75) is 45.5 Å². The third-order valence-electron chi connectivity index (χ3n) is 3.25. The van der Waals surface area contributed by atoms with E-state index in [2.05, 4.69) is 28.5 Å². The SMILES string of the molecule is CCC(C)n1c(C(C)Cl)nc2c(C)nn(C)c21. The smallest absolute Gasteiger partial charge is 0.158 e. The van der Waals surface area contributed by atoms with Crippen molar-refractivity contribution < 1.29 is 0 Å². The summed E-state index contributed by atoms with van der Waals surface area (Å²) >= 11 is 6.23. The Bertz CT molecular complexity index is 538. The number of aromatic nitrogens is 4. The van der Waals surface area contributed by atoms with E-state index in [-0.39, 0.29) is 5.38 Å². The van der Waals surface area contributed by atoms with Crippen LogP contribution in [-0.4, -0.2) is 19.3 Å². The first kappa shape index (κ1) is 12.4. The molecule has 0 aliphatic rings. The van der Waals surface area contributed by atoms with Crippen LogP contribution in [-0.2, 0) is 7.05 Å². The number of fused-ring (bicyclic) bond motifs is 1. The molecule has 0 saturated heterocycles. The highest BCUT2D eigenvalue weighted by atomic mass is 35.5. The van der Waals surface area contributed by atoms with Crippen LogP contribution in [0.5, 0.6) is 0 Å². The van der Waals surface area contributed by atoms with Crippen LogP contribution < -0.4 is 0 Å². The molecule has 0 N–H and O–H groups in total. The van der Waals surface area contributed by atoms with Crippen LogP contribution in [0.3, 0.4) is 0 Å². The van der Waals surface area contributed by atoms with Crippen LogP contribution in [0.25, 0.3) is 11.2 Å². The van der Waals surface area contributed by atoms with Gasteiger partial charge in [-0.2, -0.15) is 5.10 Å². The standard InChI is InChI=1S/C12H19ClN4/c1-6-7(2)17-11(8(3)13)14-10-9(4)15-16(5)12(10)17/h7-8H,6H2,1-5H3. The van der Waals surface area contributed by atoms with Gasteiger partial charge in [-0.25, -0.2) is 4.98 Å². The summed E-state index contributed by atoms with van der Waals surface area (Å²) in [5.74, 6) is 0.937. The Labute approximate surface area is 107 Å². The number of hydrogen-bond acceptors (Lipinski definition) is 2. The van der Waals surface area contributed by atoms with E-state index in [0.29, 0.717) is 6.04 Å². The summed E-state index contributed by atoms with van der Waals surface area (Å²) in [6, 6.07) is 0.381. The van der Waals surface area contributed by atoms with E-state index < -0.39 is 0 Å². The second-order valence-corrected chi connectivity index (χ2v) is 5.25. The molecule has 0 amide bonds. The van der Waals surface area contributed by atoms with Crippen LogP contribution in [0.15, 0.2) is 0 Å². The molecule has 0 aliphatic carbocycles. The Morgan fingerprint density at radius 2 is 2.00 bits per heavy atom. The zero-order valence-electron chi connectivity index (χ0n) is 11.0. The van der Waals surface area contributed by atoms with Crippen molar-refractivity contribution in [1.82, 2.24) is 19.3 Å². The van der Waals surface area contributed by atoms with Gasteiger partial charge in [0.15, 0.2) is 5.65 Å². The molecule has 0 aliphatic heterocycles. The number of imidazole rings is 1. The van der Waals surface area contributed by atoms with E-state index in [4.69, 9.17) is 11.6 Å². The fourth-order valence-electron chi connectivity index (χ4n) is 2.21. The van der Waals surface area contributed by atoms with Gasteiger partial charge >= 0.3 is 0 Å². The molecule has 0 fully saturated rings. The van der Waals surface area contributed by atoms with E-state index >= 15 is 0 Å². The van der Waals surface area contributed by atoms with Crippen molar-refractivity contribution in [2.75, 3.05) is 0 Å². The molecule has 2 heterocycles. The van der Waals surface area contributed by atoms with E-state index in [1.165, 1.54) is 0 Å². The quantitative estimate of drug-likeness (QED) is 0.788. The van der Waals surface area contributed by atoms with Crippen LogP contribution >= 0.6 is 11.6 Å². The summed E-state index contributed by atoms with van der Waals surface area (Å²) in [5.41, 5.74) is 3.00. The van der Waals surface area contributed by atoms with E-state index in [9.17, 15) is 0 Å². The van der Waals surface area contributed by atoms with Gasteiger partial charge in [-0.05, 0) is 27.2 Å². The number of halogens is 1. The zero-order chi connectivity index (χ0) is 12.7. The first-order valence-corrected chi connectivity index (χ1v) is 6.46. The van der Waals surface area contributed by atoms with Crippen molar-refractivity contribution in [3.63, 3.8) is 0 Å². The van der Waals surface area contributed by atoms with Crippen LogP contribution in [0.2, 0.25) is 0 Å². The molecule has 0 aromatic carbocycles. The van der Waals surface area contributed by atoms with Gasteiger partial charge in [-0.1, -0.05) is 6.92 Å². The minimum Gasteiger partial charge on any atom is -0.309 e. The largest absolute Gasteiger partial charge is 0.309 e. The second-order valence-electron chi connectivity index (χ2n) is 4.59. The predicted octanol–water partition coefficient (Wildman–Crippen LogP) is 3.35. The van der Waals surface area contributed by atoms with E-state index in [0.717, 1.165) is 29.1 Å². The highest BCUT2D eigenvalue weighted by Crippen LogP contribution is 2.30. The normalized spacial score (nSPS) is 15.4. The first-order chi connectivity index (χ1) is 7.97. The Hall–Kier alpha value is -1.03. The van der Waals surface area contributed by atoms with Gasteiger partial charge in [0.25, 0.3) is 0 Å². The van der Waals surface area contributed by atoms with E-state index in [1.807, 2.05) is 25.6 Å². The van der Waals surface area contributed by atoms with Crippen LogP contribution in [0, 0.1) is 6.92 Å². The third-order valence-corrected chi connectivity index (χ3v) is 3.44. The van der Waals surface area contributed by atoms with Gasteiger partial charge in [0.2, 0.25) is 0 Å². The zero-order valence-corrected chi connectivity index (χ0v) is 11.8. The molecule has 2 atom stereocenters. The maximum atomic E-state index is 6.23. The van der Waals surface area contributed by atoms with E-state index in [1.54, 1.807) is 0 Å². The predicted molar refractivity (Wildman–Crippen MR) is 70.5 cm³/mol. The summed E-state index contributed by atoms with van der Waals surface area (Å²) in [4.78, 5) is 4.65. The molecule has 5 heteroatoms. The molecule has 0 spiro atoms. The second kappa shape index (κ2) is 4.33. The first-order valence-electron chi connectivity index (χ1n) is 6.02. The monoisotopic (exact) mass is 254 g/mol. The lowest BCUT2D eigenvalue weighted by Gasteiger charge is -2.16. The molecule has 2 aromatic rings. The number of alkyl halides is 1. The van der Waals surface area contributed by atoms with Crippen LogP contribution in [0.1, 0.15) is 50.1 Å². The molecule has 0 bridgehead atoms. The summed E-state index contributed by atoms with van der Waals surface area (Å²) in [6.07, 6.45) is 1.05. The average molecular weight is 255 g/mol. The van der Waals surface area contributed by atoms with Crippen molar-refractivity contribution >= 4 is 22.8 Å². The molecular formula is C12H19ClN4. The lowest BCUT2D eigenvalue weighted by atomic mass is 10.2.